The molecule has 0 spiro atoms. The maximum Gasteiger partial charge on any atom is 0.150 e. The molecule has 0 aromatic heterocycles. The van der Waals surface area contributed by atoms with E-state index in [1.807, 2.05) is 30.3 Å². The van der Waals surface area contributed by atoms with Crippen LogP contribution in [0.5, 0.6) is 0 Å². The topological polar surface area (TPSA) is 49.7 Å². The first-order valence-corrected chi connectivity index (χ1v) is 9.92. The van der Waals surface area contributed by atoms with Crippen LogP contribution < -0.4 is 0 Å². The number of fused-ring (bicyclic) bond motifs is 1. The van der Waals surface area contributed by atoms with Gasteiger partial charge < -0.3 is 14.9 Å². The lowest BCUT2D eigenvalue weighted by Gasteiger charge is -2.53. The molecule has 2 N–H and O–H groups in total. The summed E-state index contributed by atoms with van der Waals surface area (Å²) in [5.41, 5.74) is -1.16. The van der Waals surface area contributed by atoms with Gasteiger partial charge in [0.25, 0.3) is 0 Å². The van der Waals surface area contributed by atoms with E-state index >= 15 is 0 Å². The van der Waals surface area contributed by atoms with Crippen LogP contribution in [0.1, 0.15) is 52.5 Å². The number of hydrogen-bond donors (Lipinski definition) is 2. The number of ether oxygens (including phenoxy) is 1. The van der Waals surface area contributed by atoms with Crippen molar-refractivity contribution in [3.8, 4) is 0 Å². The van der Waals surface area contributed by atoms with Crippen LogP contribution in [-0.4, -0.2) is 32.6 Å². The summed E-state index contributed by atoms with van der Waals surface area (Å²) in [4.78, 5) is 0. The fraction of sp³-hybridized carbons (Fsp3) is 0.700. The van der Waals surface area contributed by atoms with E-state index in [0.29, 0.717) is 11.8 Å². The molecule has 1 aliphatic carbocycles. The molecule has 1 aromatic carbocycles. The number of aliphatic hydroxyl groups excluding tert-OH is 1. The largest absolute Gasteiger partial charge is 0.390 e. The van der Waals surface area contributed by atoms with Gasteiger partial charge in [-0.1, -0.05) is 57.5 Å². The standard InChI is InChI=1S/C20H30O3S/c1-13-10-11-16-17(12-13)23-18(24-19(16,3)4)20(22,14(2)21)15-8-6-5-7-9-15/h5-9,13-14,16-18,21-22H,10-12H2,1-4H3/t13-,14+,16-,17-,18-,20-/m1/s1. The molecule has 0 radical (unpaired) electrons. The van der Waals surface area contributed by atoms with Gasteiger partial charge in [0.05, 0.1) is 12.2 Å². The maximum absolute atomic E-state index is 11.5. The molecule has 1 aliphatic heterocycles. The van der Waals surface area contributed by atoms with Gasteiger partial charge in [-0.25, -0.2) is 0 Å². The van der Waals surface area contributed by atoms with Gasteiger partial charge in [0.1, 0.15) is 5.44 Å². The van der Waals surface area contributed by atoms with Crippen molar-refractivity contribution in [3.05, 3.63) is 35.9 Å². The molecule has 0 unspecified atom stereocenters. The van der Waals surface area contributed by atoms with E-state index in [9.17, 15) is 10.2 Å². The zero-order valence-electron chi connectivity index (χ0n) is 15.1. The van der Waals surface area contributed by atoms with E-state index in [2.05, 4.69) is 20.8 Å². The van der Waals surface area contributed by atoms with Crippen molar-refractivity contribution in [1.82, 2.24) is 0 Å². The minimum absolute atomic E-state index is 0.0192. The van der Waals surface area contributed by atoms with Crippen LogP contribution in [0, 0.1) is 11.8 Å². The Morgan fingerprint density at radius 1 is 1.25 bits per heavy atom. The first-order chi connectivity index (χ1) is 11.2. The van der Waals surface area contributed by atoms with Crippen LogP contribution in [0.3, 0.4) is 0 Å². The van der Waals surface area contributed by atoms with E-state index in [-0.39, 0.29) is 10.9 Å². The Labute approximate surface area is 149 Å². The van der Waals surface area contributed by atoms with Crippen molar-refractivity contribution in [2.75, 3.05) is 0 Å². The van der Waals surface area contributed by atoms with Gasteiger partial charge in [0, 0.05) is 4.75 Å². The highest BCUT2D eigenvalue weighted by molar-refractivity contribution is 8.01. The Bertz CT molecular complexity index is 559. The van der Waals surface area contributed by atoms with Crippen molar-refractivity contribution < 1.29 is 14.9 Å². The third kappa shape index (κ3) is 3.14. The lowest BCUT2D eigenvalue weighted by molar-refractivity contribution is -0.173. The Morgan fingerprint density at radius 3 is 2.54 bits per heavy atom. The number of benzene rings is 1. The summed E-state index contributed by atoms with van der Waals surface area (Å²) < 4.78 is 6.45. The molecule has 1 saturated carbocycles. The summed E-state index contributed by atoms with van der Waals surface area (Å²) >= 11 is 1.67. The zero-order chi connectivity index (χ0) is 17.5. The number of thioether (sulfide) groups is 1. The molecule has 24 heavy (non-hydrogen) atoms. The van der Waals surface area contributed by atoms with E-state index < -0.39 is 17.1 Å². The average Bonchev–Trinajstić information content (AvgIpc) is 2.53. The lowest BCUT2D eigenvalue weighted by Crippen LogP contribution is -2.57. The number of hydrogen-bond acceptors (Lipinski definition) is 4. The minimum atomic E-state index is -1.41. The second-order valence-corrected chi connectivity index (χ2v) is 9.84. The normalized spacial score (nSPS) is 36.4. The Morgan fingerprint density at radius 2 is 1.92 bits per heavy atom. The summed E-state index contributed by atoms with van der Waals surface area (Å²) in [6, 6.07) is 9.46. The first-order valence-electron chi connectivity index (χ1n) is 9.04. The van der Waals surface area contributed by atoms with Crippen LogP contribution in [0.15, 0.2) is 30.3 Å². The first kappa shape index (κ1) is 18.2. The SMILES string of the molecule is C[C@@H]1CC[C@@H]2[C@@H](C1)O[C@@H]([C@](O)(c1ccccc1)[C@H](C)O)SC2(C)C. The highest BCUT2D eigenvalue weighted by Crippen LogP contribution is 2.54. The molecular formula is C20H30O3S. The summed E-state index contributed by atoms with van der Waals surface area (Å²) in [5, 5.41) is 21.9. The molecule has 1 aromatic rings. The minimum Gasteiger partial charge on any atom is -0.390 e. The van der Waals surface area contributed by atoms with Crippen molar-refractivity contribution >= 4 is 11.8 Å². The van der Waals surface area contributed by atoms with Gasteiger partial charge >= 0.3 is 0 Å². The molecule has 3 rings (SSSR count). The molecule has 1 saturated heterocycles. The lowest BCUT2D eigenvalue weighted by atomic mass is 9.74. The fourth-order valence-electron chi connectivity index (χ4n) is 4.30. The molecule has 2 fully saturated rings. The Hall–Kier alpha value is -0.550. The predicted octanol–water partition coefficient (Wildman–Crippen LogP) is 3.93. The summed E-state index contributed by atoms with van der Waals surface area (Å²) in [7, 11) is 0. The molecule has 1 heterocycles. The molecule has 4 heteroatoms. The van der Waals surface area contributed by atoms with Gasteiger partial charge in [-0.2, -0.15) is 0 Å². The quantitative estimate of drug-likeness (QED) is 0.867. The Balaban J connectivity index is 1.94. The van der Waals surface area contributed by atoms with Crippen molar-refractivity contribution in [2.24, 2.45) is 11.8 Å². The van der Waals surface area contributed by atoms with E-state index in [0.717, 1.165) is 12.0 Å². The molecule has 134 valence electrons. The highest BCUT2D eigenvalue weighted by atomic mass is 32.2. The average molecular weight is 351 g/mol. The van der Waals surface area contributed by atoms with E-state index in [1.165, 1.54) is 12.8 Å². The van der Waals surface area contributed by atoms with Crippen molar-refractivity contribution in [1.29, 1.82) is 0 Å². The smallest absolute Gasteiger partial charge is 0.150 e. The van der Waals surface area contributed by atoms with Crippen LogP contribution in [0.2, 0.25) is 0 Å². The fourth-order valence-corrected chi connectivity index (χ4v) is 6.00. The highest BCUT2D eigenvalue weighted by Gasteiger charge is 2.54. The second-order valence-electron chi connectivity index (χ2n) is 8.12. The summed E-state index contributed by atoms with van der Waals surface area (Å²) in [6.07, 6.45) is 2.71. The van der Waals surface area contributed by atoms with Crippen molar-refractivity contribution in [3.63, 3.8) is 0 Å². The van der Waals surface area contributed by atoms with Crippen molar-refractivity contribution in [2.45, 2.75) is 74.9 Å². The molecule has 0 bridgehead atoms. The van der Waals surface area contributed by atoms with Crippen LogP contribution >= 0.6 is 11.8 Å². The number of rotatable bonds is 3. The maximum atomic E-state index is 11.5. The monoisotopic (exact) mass is 350 g/mol. The van der Waals surface area contributed by atoms with Gasteiger partial charge in [-0.05, 0) is 37.2 Å². The molecular weight excluding hydrogens is 320 g/mol. The number of aliphatic hydroxyl groups is 2. The van der Waals surface area contributed by atoms with Crippen LogP contribution in [0.4, 0.5) is 0 Å². The molecule has 0 amide bonds. The van der Waals surface area contributed by atoms with E-state index in [4.69, 9.17) is 4.74 Å². The predicted molar refractivity (Wildman–Crippen MR) is 98.9 cm³/mol. The van der Waals surface area contributed by atoms with E-state index in [1.54, 1.807) is 18.7 Å². The van der Waals surface area contributed by atoms with Gasteiger partial charge in [0.15, 0.2) is 5.60 Å². The summed E-state index contributed by atoms with van der Waals surface area (Å²) in [6.45, 7) is 8.45. The van der Waals surface area contributed by atoms with Gasteiger partial charge in [-0.3, -0.25) is 0 Å². The summed E-state index contributed by atoms with van der Waals surface area (Å²) in [5.74, 6) is 1.16. The van der Waals surface area contributed by atoms with Gasteiger partial charge in [-0.15, -0.1) is 11.8 Å². The van der Waals surface area contributed by atoms with Crippen LogP contribution in [-0.2, 0) is 10.3 Å². The second kappa shape index (κ2) is 6.64. The molecule has 2 aliphatic rings. The van der Waals surface area contributed by atoms with Gasteiger partial charge in [0.2, 0.25) is 0 Å². The third-order valence-corrected chi connectivity index (χ3v) is 7.48. The molecule has 6 atom stereocenters. The zero-order valence-corrected chi connectivity index (χ0v) is 15.9. The Kier molecular flexibility index (Phi) is 5.05. The molecule has 3 nitrogen and oxygen atoms in total. The van der Waals surface area contributed by atoms with Crippen LogP contribution in [0.25, 0.3) is 0 Å². The third-order valence-electron chi connectivity index (χ3n) is 5.89.